The molecular formula is C26H38N4O6S. The lowest BCUT2D eigenvalue weighted by Gasteiger charge is -2.34. The van der Waals surface area contributed by atoms with Gasteiger partial charge in [-0.3, -0.25) is 9.52 Å². The fraction of sp³-hybridized carbons (Fsp3) is 0.615. The number of fused-ring (bicyclic) bond motifs is 1. The number of nitrogens with one attached hydrogen (secondary N) is 1. The van der Waals surface area contributed by atoms with Crippen molar-refractivity contribution in [3.8, 4) is 5.75 Å². The number of aromatic nitrogens is 1. The molecule has 0 spiro atoms. The summed E-state index contributed by atoms with van der Waals surface area (Å²) in [5, 5.41) is 13.6. The Morgan fingerprint density at radius 1 is 1.27 bits per heavy atom. The molecule has 37 heavy (non-hydrogen) atoms. The molecule has 0 radical (unpaired) electrons. The van der Waals surface area contributed by atoms with E-state index >= 15 is 0 Å². The highest BCUT2D eigenvalue weighted by molar-refractivity contribution is 7.92. The number of ether oxygens (including phenoxy) is 1. The van der Waals surface area contributed by atoms with E-state index in [0.717, 1.165) is 12.5 Å². The van der Waals surface area contributed by atoms with Crippen LogP contribution in [0.5, 0.6) is 5.75 Å². The maximum absolute atomic E-state index is 13.4. The van der Waals surface area contributed by atoms with Gasteiger partial charge in [0.05, 0.1) is 19.1 Å². The van der Waals surface area contributed by atoms with Gasteiger partial charge in [-0.05, 0) is 64.8 Å². The number of anilines is 1. The quantitative estimate of drug-likeness (QED) is 0.503. The van der Waals surface area contributed by atoms with Gasteiger partial charge in [0.15, 0.2) is 10.7 Å². The van der Waals surface area contributed by atoms with Crippen molar-refractivity contribution in [2.75, 3.05) is 38.0 Å². The molecule has 3 unspecified atom stereocenters. The lowest BCUT2D eigenvalue weighted by molar-refractivity contribution is -0.134. The molecule has 0 bridgehead atoms. The molecule has 4 rings (SSSR count). The van der Waals surface area contributed by atoms with Gasteiger partial charge in [0.1, 0.15) is 17.5 Å². The number of sulfonamides is 1. The van der Waals surface area contributed by atoms with Crippen LogP contribution < -0.4 is 9.46 Å². The molecule has 3 atom stereocenters. The van der Waals surface area contributed by atoms with Crippen LogP contribution in [0.3, 0.4) is 0 Å². The first-order chi connectivity index (χ1) is 17.5. The predicted octanol–water partition coefficient (Wildman–Crippen LogP) is 2.58. The molecule has 0 saturated heterocycles. The third kappa shape index (κ3) is 6.45. The van der Waals surface area contributed by atoms with E-state index in [0.29, 0.717) is 30.1 Å². The van der Waals surface area contributed by atoms with E-state index in [-0.39, 0.29) is 53.3 Å². The Morgan fingerprint density at radius 3 is 2.62 bits per heavy atom. The molecule has 204 valence electrons. The van der Waals surface area contributed by atoms with Crippen LogP contribution in [0.2, 0.25) is 0 Å². The summed E-state index contributed by atoms with van der Waals surface area (Å²) in [7, 11) is -1.86. The van der Waals surface area contributed by atoms with E-state index in [1.54, 1.807) is 36.9 Å². The third-order valence-electron chi connectivity index (χ3n) is 7.16. The minimum Gasteiger partial charge on any atom is -0.488 e. The van der Waals surface area contributed by atoms with Crippen LogP contribution >= 0.6 is 0 Å². The monoisotopic (exact) mass is 534 g/mol. The number of benzene rings is 1. The average molecular weight is 535 g/mol. The van der Waals surface area contributed by atoms with Crippen LogP contribution in [-0.4, -0.2) is 79.8 Å². The molecule has 2 N–H and O–H groups in total. The zero-order valence-electron chi connectivity index (χ0n) is 22.2. The SMILES string of the molecule is Cc1noc(C)c1S(=O)(=O)Nc1ccc2c(c1)CC(=O)N(C(C)CO)CC(C)C(CN(C)CC1CC1)O2. The van der Waals surface area contributed by atoms with Crippen molar-refractivity contribution in [3.63, 3.8) is 0 Å². The van der Waals surface area contributed by atoms with Crippen molar-refractivity contribution in [2.24, 2.45) is 11.8 Å². The molecule has 2 aliphatic rings. The summed E-state index contributed by atoms with van der Waals surface area (Å²) in [6, 6.07) is 4.66. The number of rotatable bonds is 9. The molecule has 1 aromatic carbocycles. The van der Waals surface area contributed by atoms with E-state index in [4.69, 9.17) is 9.26 Å². The number of carbonyl (C=O) groups is 1. The fourth-order valence-electron chi connectivity index (χ4n) is 4.90. The van der Waals surface area contributed by atoms with Gasteiger partial charge in [-0.25, -0.2) is 8.42 Å². The number of amides is 1. The number of nitrogens with zero attached hydrogens (tertiary/aromatic N) is 3. The maximum atomic E-state index is 13.4. The molecule has 10 nitrogen and oxygen atoms in total. The normalized spacial score (nSPS) is 21.6. The highest BCUT2D eigenvalue weighted by Crippen LogP contribution is 2.32. The van der Waals surface area contributed by atoms with Crippen LogP contribution in [-0.2, 0) is 21.2 Å². The Hall–Kier alpha value is -2.63. The smallest absolute Gasteiger partial charge is 0.267 e. The largest absolute Gasteiger partial charge is 0.488 e. The molecule has 1 aromatic heterocycles. The Morgan fingerprint density at radius 2 is 2.00 bits per heavy atom. The summed E-state index contributed by atoms with van der Waals surface area (Å²) in [5.41, 5.74) is 1.17. The Balaban J connectivity index is 1.65. The number of aryl methyl sites for hydroxylation is 2. The van der Waals surface area contributed by atoms with Crippen molar-refractivity contribution in [1.82, 2.24) is 15.0 Å². The number of hydrogen-bond donors (Lipinski definition) is 2. The van der Waals surface area contributed by atoms with E-state index in [9.17, 15) is 18.3 Å². The van der Waals surface area contributed by atoms with Gasteiger partial charge < -0.3 is 24.2 Å². The number of hydrogen-bond acceptors (Lipinski definition) is 8. The van der Waals surface area contributed by atoms with Crippen molar-refractivity contribution < 1.29 is 27.6 Å². The van der Waals surface area contributed by atoms with E-state index in [2.05, 4.69) is 28.8 Å². The lowest BCUT2D eigenvalue weighted by Crippen LogP contribution is -2.47. The number of carbonyl (C=O) groups excluding carboxylic acids is 1. The zero-order chi connectivity index (χ0) is 26.9. The van der Waals surface area contributed by atoms with Gasteiger partial charge in [-0.15, -0.1) is 0 Å². The van der Waals surface area contributed by atoms with Crippen molar-refractivity contribution in [3.05, 3.63) is 35.2 Å². The number of likely N-dealkylation sites (N-methyl/N-ethyl adjacent to an activating group) is 1. The Bertz CT molecular complexity index is 1210. The minimum absolute atomic E-state index is 0.00102. The van der Waals surface area contributed by atoms with Crippen LogP contribution in [0.4, 0.5) is 5.69 Å². The second kappa shape index (κ2) is 11.0. The van der Waals surface area contributed by atoms with Crippen molar-refractivity contribution in [2.45, 2.75) is 64.0 Å². The summed E-state index contributed by atoms with van der Waals surface area (Å²) < 4.78 is 40.2. The summed E-state index contributed by atoms with van der Waals surface area (Å²) in [6.07, 6.45) is 2.36. The first kappa shape index (κ1) is 27.4. The summed E-state index contributed by atoms with van der Waals surface area (Å²) in [4.78, 5) is 17.4. The zero-order valence-corrected chi connectivity index (χ0v) is 23.0. The van der Waals surface area contributed by atoms with E-state index < -0.39 is 10.0 Å². The predicted molar refractivity (Wildman–Crippen MR) is 139 cm³/mol. The summed E-state index contributed by atoms with van der Waals surface area (Å²) in [5.74, 6) is 1.37. The first-order valence-corrected chi connectivity index (χ1v) is 14.3. The molecule has 2 aromatic rings. The van der Waals surface area contributed by atoms with Gasteiger partial charge >= 0.3 is 0 Å². The van der Waals surface area contributed by atoms with Crippen molar-refractivity contribution >= 4 is 21.6 Å². The highest BCUT2D eigenvalue weighted by atomic mass is 32.2. The van der Waals surface area contributed by atoms with Gasteiger partial charge in [0, 0.05) is 36.8 Å². The standard InChI is InChI=1S/C26H38N4O6S/c1-16-12-30(17(2)15-31)25(32)11-21-10-22(28-37(33,34)26-18(3)27-36-19(26)4)8-9-23(21)35-24(16)14-29(5)13-20-6-7-20/h8-10,16-17,20,24,28,31H,6-7,11-15H2,1-5H3. The second-order valence-electron chi connectivity index (χ2n) is 10.6. The molecule has 1 aliphatic carbocycles. The average Bonchev–Trinajstić information content (AvgIpc) is 3.56. The molecule has 1 saturated carbocycles. The Labute approximate surface area is 219 Å². The molecule has 1 fully saturated rings. The maximum Gasteiger partial charge on any atom is 0.267 e. The molecule has 11 heteroatoms. The third-order valence-corrected chi connectivity index (χ3v) is 8.79. The summed E-state index contributed by atoms with van der Waals surface area (Å²) >= 11 is 0. The summed E-state index contributed by atoms with van der Waals surface area (Å²) in [6.45, 7) is 9.04. The molecular weight excluding hydrogens is 496 g/mol. The van der Waals surface area contributed by atoms with Gasteiger partial charge in [0.25, 0.3) is 10.0 Å². The van der Waals surface area contributed by atoms with Crippen LogP contribution in [0, 0.1) is 25.7 Å². The van der Waals surface area contributed by atoms with E-state index in [1.165, 1.54) is 12.8 Å². The van der Waals surface area contributed by atoms with E-state index in [1.807, 2.05) is 6.92 Å². The van der Waals surface area contributed by atoms with Crippen LogP contribution in [0.15, 0.2) is 27.6 Å². The van der Waals surface area contributed by atoms with Gasteiger partial charge in [0.2, 0.25) is 5.91 Å². The number of aliphatic hydroxyl groups excluding tert-OH is 1. The lowest BCUT2D eigenvalue weighted by atomic mass is 10.0. The molecule has 1 amide bonds. The van der Waals surface area contributed by atoms with Gasteiger partial charge in [-0.2, -0.15) is 0 Å². The molecule has 1 aliphatic heterocycles. The topological polar surface area (TPSA) is 125 Å². The second-order valence-corrected chi connectivity index (χ2v) is 12.3. The first-order valence-electron chi connectivity index (χ1n) is 12.8. The molecule has 2 heterocycles. The van der Waals surface area contributed by atoms with Gasteiger partial charge in [-0.1, -0.05) is 12.1 Å². The minimum atomic E-state index is -3.95. The van der Waals surface area contributed by atoms with Crippen LogP contribution in [0.1, 0.15) is 43.7 Å². The van der Waals surface area contributed by atoms with Crippen molar-refractivity contribution in [1.29, 1.82) is 0 Å². The number of aliphatic hydroxyl groups is 1. The highest BCUT2D eigenvalue weighted by Gasteiger charge is 2.32. The van der Waals surface area contributed by atoms with Crippen LogP contribution in [0.25, 0.3) is 0 Å². The fourth-order valence-corrected chi connectivity index (χ4v) is 6.28. The Kier molecular flexibility index (Phi) is 8.15.